The van der Waals surface area contributed by atoms with E-state index in [2.05, 4.69) is 16.9 Å². The van der Waals surface area contributed by atoms with E-state index in [1.165, 1.54) is 0 Å². The molecule has 0 unspecified atom stereocenters. The zero-order chi connectivity index (χ0) is 16.4. The number of piperidine rings is 1. The Bertz CT molecular complexity index is 687. The average molecular weight is 315 g/mol. The van der Waals surface area contributed by atoms with Crippen LogP contribution in [0.3, 0.4) is 0 Å². The molecule has 0 aliphatic carbocycles. The van der Waals surface area contributed by atoms with Gasteiger partial charge in [-0.25, -0.2) is 0 Å². The molecular weight excluding hydrogens is 290 g/mol. The summed E-state index contributed by atoms with van der Waals surface area (Å²) in [6, 6.07) is 8.13. The molecule has 0 bridgehead atoms. The first kappa shape index (κ1) is 15.9. The van der Waals surface area contributed by atoms with Crippen LogP contribution in [0.2, 0.25) is 0 Å². The number of benzene rings is 1. The third-order valence-corrected chi connectivity index (χ3v) is 4.69. The summed E-state index contributed by atoms with van der Waals surface area (Å²) >= 11 is 0. The Morgan fingerprint density at radius 2 is 2.09 bits per heavy atom. The summed E-state index contributed by atoms with van der Waals surface area (Å²) in [7, 11) is 4.04. The van der Waals surface area contributed by atoms with Gasteiger partial charge < -0.3 is 19.5 Å². The van der Waals surface area contributed by atoms with Gasteiger partial charge >= 0.3 is 0 Å². The number of rotatable bonds is 4. The molecule has 23 heavy (non-hydrogen) atoms. The highest BCUT2D eigenvalue weighted by Gasteiger charge is 2.25. The van der Waals surface area contributed by atoms with Gasteiger partial charge in [0, 0.05) is 30.1 Å². The zero-order valence-electron chi connectivity index (χ0n) is 14.1. The lowest BCUT2D eigenvalue weighted by molar-refractivity contribution is 0.0654. The quantitative estimate of drug-likeness (QED) is 0.944. The van der Waals surface area contributed by atoms with E-state index in [-0.39, 0.29) is 5.91 Å². The van der Waals surface area contributed by atoms with Crippen LogP contribution in [0.1, 0.15) is 30.3 Å². The first-order valence-electron chi connectivity index (χ1n) is 8.29. The van der Waals surface area contributed by atoms with Gasteiger partial charge in [-0.1, -0.05) is 0 Å². The molecule has 124 valence electrons. The second kappa shape index (κ2) is 6.62. The highest BCUT2D eigenvalue weighted by atomic mass is 16.5. The van der Waals surface area contributed by atoms with Crippen molar-refractivity contribution in [2.24, 2.45) is 0 Å². The maximum absolute atomic E-state index is 12.8. The summed E-state index contributed by atoms with van der Waals surface area (Å²) in [6.07, 6.45) is 2.07. The van der Waals surface area contributed by atoms with Crippen molar-refractivity contribution in [2.75, 3.05) is 33.8 Å². The fraction of sp³-hybridized carbons (Fsp3) is 0.500. The molecule has 1 amide bonds. The third kappa shape index (κ3) is 3.34. The molecule has 1 aromatic carbocycles. The Balaban J connectivity index is 1.77. The topological polar surface area (TPSA) is 48.6 Å². The van der Waals surface area contributed by atoms with Gasteiger partial charge in [-0.2, -0.15) is 0 Å². The van der Waals surface area contributed by atoms with Crippen molar-refractivity contribution in [3.8, 4) is 5.75 Å². The molecule has 1 aromatic heterocycles. The van der Waals surface area contributed by atoms with Crippen LogP contribution in [-0.4, -0.2) is 60.5 Å². The smallest absolute Gasteiger partial charge is 0.270 e. The molecule has 2 aromatic rings. The van der Waals surface area contributed by atoms with E-state index in [0.29, 0.717) is 18.3 Å². The van der Waals surface area contributed by atoms with Crippen molar-refractivity contribution in [2.45, 2.75) is 25.8 Å². The summed E-state index contributed by atoms with van der Waals surface area (Å²) in [5.74, 6) is 0.887. The maximum Gasteiger partial charge on any atom is 0.270 e. The van der Waals surface area contributed by atoms with E-state index in [1.807, 2.05) is 43.1 Å². The lowest BCUT2D eigenvalue weighted by Crippen LogP contribution is -2.44. The fourth-order valence-electron chi connectivity index (χ4n) is 3.22. The summed E-state index contributed by atoms with van der Waals surface area (Å²) in [5.41, 5.74) is 1.59. The van der Waals surface area contributed by atoms with E-state index >= 15 is 0 Å². The second-order valence-electron chi connectivity index (χ2n) is 6.32. The minimum absolute atomic E-state index is 0.0636. The number of H-pyrrole nitrogens is 1. The van der Waals surface area contributed by atoms with Crippen molar-refractivity contribution >= 4 is 16.8 Å². The average Bonchev–Trinajstić information content (AvgIpc) is 2.98. The second-order valence-corrected chi connectivity index (χ2v) is 6.32. The Morgan fingerprint density at radius 3 is 2.78 bits per heavy atom. The van der Waals surface area contributed by atoms with Crippen molar-refractivity contribution in [3.05, 3.63) is 30.0 Å². The number of nitrogens with one attached hydrogen (secondary N) is 1. The Kier molecular flexibility index (Phi) is 4.57. The van der Waals surface area contributed by atoms with Crippen LogP contribution in [-0.2, 0) is 0 Å². The Labute approximate surface area is 137 Å². The zero-order valence-corrected chi connectivity index (χ0v) is 14.1. The molecule has 0 saturated carbocycles. The first-order chi connectivity index (χ1) is 11.1. The summed E-state index contributed by atoms with van der Waals surface area (Å²) in [4.78, 5) is 20.2. The standard InChI is InChI=1S/C18H25N3O2/c1-4-23-15-6-5-13-11-17(19-16(13)12-15)18(22)21(3)14-7-9-20(2)10-8-14/h5-6,11-12,14,19H,4,7-10H2,1-3H3. The highest BCUT2D eigenvalue weighted by Crippen LogP contribution is 2.23. The molecule has 0 spiro atoms. The van der Waals surface area contributed by atoms with Gasteiger partial charge in [0.2, 0.25) is 0 Å². The van der Waals surface area contributed by atoms with Crippen LogP contribution < -0.4 is 4.74 Å². The molecule has 5 heteroatoms. The SMILES string of the molecule is CCOc1ccc2cc(C(=O)N(C)C3CCN(C)CC3)[nH]c2c1. The van der Waals surface area contributed by atoms with E-state index in [0.717, 1.165) is 42.6 Å². The van der Waals surface area contributed by atoms with Crippen LogP contribution >= 0.6 is 0 Å². The van der Waals surface area contributed by atoms with Crippen molar-refractivity contribution < 1.29 is 9.53 Å². The number of carbonyl (C=O) groups is 1. The van der Waals surface area contributed by atoms with Gasteiger partial charge in [-0.15, -0.1) is 0 Å². The van der Waals surface area contributed by atoms with Crippen LogP contribution in [0.5, 0.6) is 5.75 Å². The van der Waals surface area contributed by atoms with Crippen LogP contribution in [0.4, 0.5) is 0 Å². The number of hydrogen-bond acceptors (Lipinski definition) is 3. The molecule has 1 aliphatic rings. The van der Waals surface area contributed by atoms with Crippen LogP contribution in [0.25, 0.3) is 10.9 Å². The van der Waals surface area contributed by atoms with E-state index in [1.54, 1.807) is 0 Å². The summed E-state index contributed by atoms with van der Waals surface area (Å²) in [6.45, 7) is 4.70. The number of ether oxygens (including phenoxy) is 1. The molecule has 1 saturated heterocycles. The molecule has 1 fully saturated rings. The number of amides is 1. The molecule has 1 N–H and O–H groups in total. The Hall–Kier alpha value is -2.01. The van der Waals surface area contributed by atoms with Gasteiger partial charge in [0.25, 0.3) is 5.91 Å². The molecular formula is C18H25N3O2. The lowest BCUT2D eigenvalue weighted by Gasteiger charge is -2.34. The lowest BCUT2D eigenvalue weighted by atomic mass is 10.0. The molecule has 3 rings (SSSR count). The van der Waals surface area contributed by atoms with Gasteiger partial charge in [0.1, 0.15) is 11.4 Å². The van der Waals surface area contributed by atoms with Crippen molar-refractivity contribution in [1.82, 2.24) is 14.8 Å². The van der Waals surface area contributed by atoms with E-state index < -0.39 is 0 Å². The number of aromatic nitrogens is 1. The molecule has 1 aliphatic heterocycles. The summed E-state index contributed by atoms with van der Waals surface area (Å²) < 4.78 is 5.52. The molecule has 2 heterocycles. The number of nitrogens with zero attached hydrogens (tertiary/aromatic N) is 2. The highest BCUT2D eigenvalue weighted by molar-refractivity contribution is 5.98. The van der Waals surface area contributed by atoms with Crippen molar-refractivity contribution in [3.63, 3.8) is 0 Å². The first-order valence-corrected chi connectivity index (χ1v) is 8.29. The van der Waals surface area contributed by atoms with Gasteiger partial charge in [0.05, 0.1) is 6.61 Å². The van der Waals surface area contributed by atoms with Crippen molar-refractivity contribution in [1.29, 1.82) is 0 Å². The number of likely N-dealkylation sites (tertiary alicyclic amines) is 1. The number of fused-ring (bicyclic) bond motifs is 1. The maximum atomic E-state index is 12.8. The fourth-order valence-corrected chi connectivity index (χ4v) is 3.22. The third-order valence-electron chi connectivity index (χ3n) is 4.69. The molecule has 0 radical (unpaired) electrons. The van der Waals surface area contributed by atoms with Gasteiger partial charge in [-0.3, -0.25) is 4.79 Å². The van der Waals surface area contributed by atoms with Crippen LogP contribution in [0.15, 0.2) is 24.3 Å². The largest absolute Gasteiger partial charge is 0.494 e. The molecule has 0 atom stereocenters. The number of hydrogen-bond donors (Lipinski definition) is 1. The van der Waals surface area contributed by atoms with Crippen LogP contribution in [0, 0.1) is 0 Å². The minimum Gasteiger partial charge on any atom is -0.494 e. The monoisotopic (exact) mass is 315 g/mol. The Morgan fingerprint density at radius 1 is 1.35 bits per heavy atom. The van der Waals surface area contributed by atoms with Gasteiger partial charge in [-0.05, 0) is 58.1 Å². The minimum atomic E-state index is 0.0636. The van der Waals surface area contributed by atoms with Gasteiger partial charge in [0.15, 0.2) is 0 Å². The predicted octanol–water partition coefficient (Wildman–Crippen LogP) is 2.73. The van der Waals surface area contributed by atoms with E-state index in [4.69, 9.17) is 4.74 Å². The molecule has 5 nitrogen and oxygen atoms in total. The number of carbonyl (C=O) groups excluding carboxylic acids is 1. The van der Waals surface area contributed by atoms with E-state index in [9.17, 15) is 4.79 Å². The predicted molar refractivity (Wildman–Crippen MR) is 92.1 cm³/mol. The normalized spacial score (nSPS) is 16.7. The number of aromatic amines is 1. The summed E-state index contributed by atoms with van der Waals surface area (Å²) in [5, 5.41) is 1.04.